The van der Waals surface area contributed by atoms with Gasteiger partial charge in [-0.05, 0) is 55.5 Å². The van der Waals surface area contributed by atoms with Crippen LogP contribution in [0.4, 0.5) is 0 Å². The van der Waals surface area contributed by atoms with Crippen LogP contribution < -0.4 is 11.1 Å². The van der Waals surface area contributed by atoms with Gasteiger partial charge in [0, 0.05) is 25.2 Å². The van der Waals surface area contributed by atoms with Gasteiger partial charge >= 0.3 is 0 Å². The number of piperidine rings is 1. The van der Waals surface area contributed by atoms with E-state index in [-0.39, 0.29) is 16.7 Å². The summed E-state index contributed by atoms with van der Waals surface area (Å²) in [4.78, 5) is 12.3. The molecule has 6 nitrogen and oxygen atoms in total. The highest BCUT2D eigenvalue weighted by atomic mass is 32.2. The quantitative estimate of drug-likeness (QED) is 0.809. The maximum absolute atomic E-state index is 12.6. The van der Waals surface area contributed by atoms with Gasteiger partial charge in [-0.15, -0.1) is 0 Å². The van der Waals surface area contributed by atoms with Crippen molar-refractivity contribution >= 4 is 15.9 Å². The first kappa shape index (κ1) is 18.9. The molecule has 1 unspecified atom stereocenters. The molecule has 2 rings (SSSR count). The molecule has 0 spiro atoms. The van der Waals surface area contributed by atoms with E-state index in [9.17, 15) is 13.2 Å². The summed E-state index contributed by atoms with van der Waals surface area (Å²) < 4.78 is 26.8. The lowest BCUT2D eigenvalue weighted by atomic mass is 10.0. The number of hydrogen-bond donors (Lipinski definition) is 2. The second kappa shape index (κ2) is 8.09. The largest absolute Gasteiger partial charge is 0.352 e. The van der Waals surface area contributed by atoms with Crippen LogP contribution in [-0.4, -0.2) is 44.8 Å². The first-order valence-corrected chi connectivity index (χ1v) is 9.87. The van der Waals surface area contributed by atoms with Gasteiger partial charge in [0.2, 0.25) is 10.0 Å². The maximum Gasteiger partial charge on any atom is 0.251 e. The van der Waals surface area contributed by atoms with Gasteiger partial charge in [0.25, 0.3) is 5.91 Å². The minimum Gasteiger partial charge on any atom is -0.352 e. The van der Waals surface area contributed by atoms with Gasteiger partial charge < -0.3 is 11.1 Å². The molecule has 1 aromatic rings. The van der Waals surface area contributed by atoms with Gasteiger partial charge in [-0.3, -0.25) is 4.79 Å². The Morgan fingerprint density at radius 3 is 2.42 bits per heavy atom. The second-order valence-corrected chi connectivity index (χ2v) is 8.60. The van der Waals surface area contributed by atoms with Crippen molar-refractivity contribution in [1.29, 1.82) is 0 Å². The lowest BCUT2D eigenvalue weighted by molar-refractivity contribution is 0.0948. The van der Waals surface area contributed by atoms with Crippen LogP contribution in [0, 0.1) is 11.8 Å². The first-order chi connectivity index (χ1) is 11.3. The van der Waals surface area contributed by atoms with Crippen LogP contribution in [0.1, 0.15) is 37.0 Å². The number of rotatable bonds is 6. The number of carbonyl (C=O) groups excluding carboxylic acids is 1. The molecule has 1 fully saturated rings. The molecule has 0 aromatic heterocycles. The minimum absolute atomic E-state index is 0.204. The number of nitrogens with two attached hydrogens (primary N) is 1. The average Bonchev–Trinajstić information content (AvgIpc) is 2.59. The van der Waals surface area contributed by atoms with Crippen LogP contribution in [0.25, 0.3) is 0 Å². The molecular weight excluding hydrogens is 326 g/mol. The summed E-state index contributed by atoms with van der Waals surface area (Å²) in [6.07, 6.45) is 1.78. The molecule has 1 atom stereocenters. The lowest BCUT2D eigenvalue weighted by Gasteiger charge is -2.29. The number of sulfonamides is 1. The van der Waals surface area contributed by atoms with E-state index in [4.69, 9.17) is 5.73 Å². The van der Waals surface area contributed by atoms with Crippen molar-refractivity contribution in [2.45, 2.75) is 31.6 Å². The van der Waals surface area contributed by atoms with Gasteiger partial charge in [0.15, 0.2) is 0 Å². The zero-order chi connectivity index (χ0) is 17.7. The molecule has 1 aromatic carbocycles. The molecule has 0 bridgehead atoms. The van der Waals surface area contributed by atoms with E-state index in [0.29, 0.717) is 37.7 Å². The lowest BCUT2D eigenvalue weighted by Crippen LogP contribution is -2.37. The summed E-state index contributed by atoms with van der Waals surface area (Å²) in [5.41, 5.74) is 5.97. The zero-order valence-corrected chi connectivity index (χ0v) is 15.2. The van der Waals surface area contributed by atoms with Crippen molar-refractivity contribution in [1.82, 2.24) is 9.62 Å². The first-order valence-electron chi connectivity index (χ1n) is 8.43. The van der Waals surface area contributed by atoms with E-state index in [1.165, 1.54) is 16.4 Å². The van der Waals surface area contributed by atoms with Gasteiger partial charge in [-0.2, -0.15) is 4.31 Å². The van der Waals surface area contributed by atoms with Gasteiger partial charge in [-0.1, -0.05) is 13.8 Å². The predicted molar refractivity (Wildman–Crippen MR) is 94.2 cm³/mol. The third-order valence-corrected chi connectivity index (χ3v) is 6.42. The Hall–Kier alpha value is -1.44. The zero-order valence-electron chi connectivity index (χ0n) is 14.4. The van der Waals surface area contributed by atoms with Crippen molar-refractivity contribution in [2.75, 3.05) is 26.2 Å². The molecule has 3 N–H and O–H groups in total. The van der Waals surface area contributed by atoms with Crippen molar-refractivity contribution < 1.29 is 13.2 Å². The Kier molecular flexibility index (Phi) is 6.37. The normalized spacial score (nSPS) is 18.3. The fourth-order valence-electron chi connectivity index (χ4n) is 2.60. The number of hydrogen-bond acceptors (Lipinski definition) is 4. The number of carbonyl (C=O) groups is 1. The molecule has 1 saturated heterocycles. The summed E-state index contributed by atoms with van der Waals surface area (Å²) in [6.45, 7) is 6.22. The van der Waals surface area contributed by atoms with Crippen molar-refractivity contribution in [3.63, 3.8) is 0 Å². The third kappa shape index (κ3) is 4.55. The molecule has 1 aliphatic rings. The van der Waals surface area contributed by atoms with E-state index in [2.05, 4.69) is 12.2 Å². The van der Waals surface area contributed by atoms with Gasteiger partial charge in [0.1, 0.15) is 0 Å². The predicted octanol–water partition coefficient (Wildman–Crippen LogP) is 1.43. The summed E-state index contributed by atoms with van der Waals surface area (Å²) in [5, 5.41) is 2.80. The number of nitrogens with zero attached hydrogens (tertiary/aromatic N) is 1. The smallest absolute Gasteiger partial charge is 0.251 e. The summed E-state index contributed by atoms with van der Waals surface area (Å²) in [6, 6.07) is 6.13. The molecule has 0 radical (unpaired) electrons. The van der Waals surface area contributed by atoms with E-state index < -0.39 is 10.0 Å². The molecule has 7 heteroatoms. The van der Waals surface area contributed by atoms with Crippen LogP contribution in [-0.2, 0) is 10.0 Å². The van der Waals surface area contributed by atoms with Crippen LogP contribution in [0.3, 0.4) is 0 Å². The summed E-state index contributed by atoms with van der Waals surface area (Å²) >= 11 is 0. The van der Waals surface area contributed by atoms with Crippen molar-refractivity contribution in [3.8, 4) is 0 Å². The van der Waals surface area contributed by atoms with E-state index >= 15 is 0 Å². The maximum atomic E-state index is 12.6. The Morgan fingerprint density at radius 2 is 1.88 bits per heavy atom. The fraction of sp³-hybridized carbons (Fsp3) is 0.588. The number of amides is 1. The Labute approximate surface area is 144 Å². The molecule has 0 saturated carbocycles. The number of benzene rings is 1. The molecule has 1 aliphatic heterocycles. The molecular formula is C17H27N3O3S. The second-order valence-electron chi connectivity index (χ2n) is 6.66. The van der Waals surface area contributed by atoms with Crippen molar-refractivity contribution in [2.24, 2.45) is 17.6 Å². The standard InChI is InChI=1S/C17H27N3O3S/c1-13-7-9-20(10-8-13)24(22,23)16-5-3-15(4-6-16)17(21)19-12-14(2)11-18/h3-6,13-14H,7-12,18H2,1-2H3,(H,19,21). The van der Waals surface area contributed by atoms with Crippen LogP contribution >= 0.6 is 0 Å². The van der Waals surface area contributed by atoms with Crippen LogP contribution in [0.15, 0.2) is 29.2 Å². The van der Waals surface area contributed by atoms with Gasteiger partial charge in [-0.25, -0.2) is 8.42 Å². The monoisotopic (exact) mass is 353 g/mol. The minimum atomic E-state index is -3.47. The van der Waals surface area contributed by atoms with Crippen LogP contribution in [0.2, 0.25) is 0 Å². The SMILES string of the molecule is CC1CCN(S(=O)(=O)c2ccc(C(=O)NCC(C)CN)cc2)CC1. The molecule has 1 amide bonds. The molecule has 0 aliphatic carbocycles. The molecule has 24 heavy (non-hydrogen) atoms. The summed E-state index contributed by atoms with van der Waals surface area (Å²) in [7, 11) is -3.47. The fourth-order valence-corrected chi connectivity index (χ4v) is 4.07. The average molecular weight is 353 g/mol. The van der Waals surface area contributed by atoms with E-state index in [1.54, 1.807) is 12.1 Å². The van der Waals surface area contributed by atoms with Crippen LogP contribution in [0.5, 0.6) is 0 Å². The van der Waals surface area contributed by atoms with E-state index in [0.717, 1.165) is 12.8 Å². The Morgan fingerprint density at radius 1 is 1.29 bits per heavy atom. The Bertz CT molecular complexity index is 650. The van der Waals surface area contributed by atoms with E-state index in [1.807, 2.05) is 6.92 Å². The van der Waals surface area contributed by atoms with Gasteiger partial charge in [0.05, 0.1) is 4.90 Å². The highest BCUT2D eigenvalue weighted by Crippen LogP contribution is 2.23. The highest BCUT2D eigenvalue weighted by molar-refractivity contribution is 7.89. The topological polar surface area (TPSA) is 92.5 Å². The van der Waals surface area contributed by atoms with Crippen molar-refractivity contribution in [3.05, 3.63) is 29.8 Å². The highest BCUT2D eigenvalue weighted by Gasteiger charge is 2.28. The summed E-state index contributed by atoms with van der Waals surface area (Å²) in [5.74, 6) is 0.555. The molecule has 134 valence electrons. The molecule has 1 heterocycles. The Balaban J connectivity index is 2.04. The number of nitrogens with one attached hydrogen (secondary N) is 1. The third-order valence-electron chi connectivity index (χ3n) is 4.51.